The van der Waals surface area contributed by atoms with Crippen LogP contribution in [0.25, 0.3) is 0 Å². The molecule has 0 saturated carbocycles. The molecule has 94 valence electrons. The molecule has 0 saturated heterocycles. The standard InChI is InChI=1S/C10H20N2O4/c1-9(2,10(3,4)11)8(16)12-6(5-13)7(14)15/h6,13H,5,11H2,1-4H3,(H,12,16)(H,14,15). The molecule has 1 atom stereocenters. The number of carbonyl (C=O) groups excluding carboxylic acids is 1. The molecule has 0 spiro atoms. The normalized spacial score (nSPS) is 14.4. The van der Waals surface area contributed by atoms with Gasteiger partial charge in [0.25, 0.3) is 0 Å². The third-order valence-corrected chi connectivity index (χ3v) is 2.96. The van der Waals surface area contributed by atoms with Crippen LogP contribution in [0.4, 0.5) is 0 Å². The van der Waals surface area contributed by atoms with Gasteiger partial charge in [-0.1, -0.05) is 0 Å². The predicted molar refractivity (Wildman–Crippen MR) is 58.7 cm³/mol. The van der Waals surface area contributed by atoms with Gasteiger partial charge in [-0.2, -0.15) is 0 Å². The lowest BCUT2D eigenvalue weighted by atomic mass is 9.74. The van der Waals surface area contributed by atoms with Crippen molar-refractivity contribution in [2.24, 2.45) is 11.1 Å². The van der Waals surface area contributed by atoms with Crippen LogP contribution in [0.1, 0.15) is 27.7 Å². The van der Waals surface area contributed by atoms with Crippen LogP contribution in [0, 0.1) is 5.41 Å². The lowest BCUT2D eigenvalue weighted by Crippen LogP contribution is -2.58. The minimum Gasteiger partial charge on any atom is -0.480 e. The zero-order valence-electron chi connectivity index (χ0n) is 10.1. The monoisotopic (exact) mass is 232 g/mol. The highest BCUT2D eigenvalue weighted by atomic mass is 16.4. The molecule has 6 nitrogen and oxygen atoms in total. The van der Waals surface area contributed by atoms with Crippen LogP contribution in [0.5, 0.6) is 0 Å². The molecule has 16 heavy (non-hydrogen) atoms. The van der Waals surface area contributed by atoms with E-state index in [0.29, 0.717) is 0 Å². The molecule has 6 heteroatoms. The minimum atomic E-state index is -1.30. The fourth-order valence-corrected chi connectivity index (χ4v) is 0.817. The fourth-order valence-electron chi connectivity index (χ4n) is 0.817. The number of aliphatic carboxylic acids is 1. The SMILES string of the molecule is CC(C)(N)C(C)(C)C(=O)NC(CO)C(=O)O. The van der Waals surface area contributed by atoms with Crippen LogP contribution >= 0.6 is 0 Å². The summed E-state index contributed by atoms with van der Waals surface area (Å²) >= 11 is 0. The number of nitrogens with one attached hydrogen (secondary N) is 1. The number of carboxylic acids is 1. The van der Waals surface area contributed by atoms with Crippen LogP contribution in [-0.2, 0) is 9.59 Å². The second-order valence-electron chi connectivity index (χ2n) is 4.89. The smallest absolute Gasteiger partial charge is 0.328 e. The summed E-state index contributed by atoms with van der Waals surface area (Å²) < 4.78 is 0. The van der Waals surface area contributed by atoms with Crippen LogP contribution < -0.4 is 11.1 Å². The molecule has 0 fully saturated rings. The first kappa shape index (κ1) is 14.9. The molecular weight excluding hydrogens is 212 g/mol. The van der Waals surface area contributed by atoms with Crippen LogP contribution in [-0.4, -0.2) is 40.3 Å². The lowest BCUT2D eigenvalue weighted by molar-refractivity contribution is -0.145. The van der Waals surface area contributed by atoms with Crippen molar-refractivity contribution >= 4 is 11.9 Å². The van der Waals surface area contributed by atoms with Crippen molar-refractivity contribution in [3.63, 3.8) is 0 Å². The van der Waals surface area contributed by atoms with E-state index in [1.54, 1.807) is 27.7 Å². The molecule has 0 aromatic carbocycles. The van der Waals surface area contributed by atoms with Gasteiger partial charge in [-0.25, -0.2) is 4.79 Å². The highest BCUT2D eigenvalue weighted by Crippen LogP contribution is 2.28. The third-order valence-electron chi connectivity index (χ3n) is 2.96. The second kappa shape index (κ2) is 4.80. The number of rotatable bonds is 5. The van der Waals surface area contributed by atoms with E-state index >= 15 is 0 Å². The molecule has 0 aliphatic rings. The molecule has 5 N–H and O–H groups in total. The first-order chi connectivity index (χ1) is 7.04. The van der Waals surface area contributed by atoms with Gasteiger partial charge in [-0.3, -0.25) is 4.79 Å². The van der Waals surface area contributed by atoms with Crippen LogP contribution in [0.15, 0.2) is 0 Å². The summed E-state index contributed by atoms with van der Waals surface area (Å²) in [5, 5.41) is 19.7. The number of hydrogen-bond acceptors (Lipinski definition) is 4. The maximum atomic E-state index is 11.8. The number of aliphatic hydroxyl groups excluding tert-OH is 1. The van der Waals surface area contributed by atoms with Crippen molar-refractivity contribution in [3.8, 4) is 0 Å². The number of aliphatic hydroxyl groups is 1. The number of carboxylic acid groups (broad SMARTS) is 1. The van der Waals surface area contributed by atoms with E-state index in [9.17, 15) is 9.59 Å². The van der Waals surface area contributed by atoms with E-state index in [2.05, 4.69) is 5.32 Å². The highest BCUT2D eigenvalue weighted by molar-refractivity contribution is 5.87. The van der Waals surface area contributed by atoms with Crippen molar-refractivity contribution in [2.45, 2.75) is 39.3 Å². The molecule has 1 unspecified atom stereocenters. The summed E-state index contributed by atoms with van der Waals surface area (Å²) in [6.07, 6.45) is 0. The first-order valence-electron chi connectivity index (χ1n) is 4.97. The average Bonchev–Trinajstić information content (AvgIpc) is 2.11. The van der Waals surface area contributed by atoms with Gasteiger partial charge in [0.1, 0.15) is 6.04 Å². The largest absolute Gasteiger partial charge is 0.480 e. The zero-order valence-corrected chi connectivity index (χ0v) is 10.1. The van der Waals surface area contributed by atoms with Crippen molar-refractivity contribution in [3.05, 3.63) is 0 Å². The molecule has 0 aliphatic carbocycles. The Morgan fingerprint density at radius 3 is 2.00 bits per heavy atom. The molecule has 0 radical (unpaired) electrons. The number of hydrogen-bond donors (Lipinski definition) is 4. The Kier molecular flexibility index (Phi) is 4.45. The topological polar surface area (TPSA) is 113 Å². The maximum absolute atomic E-state index is 11.8. The van der Waals surface area contributed by atoms with Crippen molar-refractivity contribution in [2.75, 3.05) is 6.61 Å². The summed E-state index contributed by atoms with van der Waals surface area (Å²) in [5.41, 5.74) is 4.11. The summed E-state index contributed by atoms with van der Waals surface area (Å²) in [4.78, 5) is 22.5. The zero-order chi connectivity index (χ0) is 13.1. The molecule has 0 aromatic heterocycles. The number of carbonyl (C=O) groups is 2. The Bertz CT molecular complexity index is 281. The van der Waals surface area contributed by atoms with Gasteiger partial charge in [-0.15, -0.1) is 0 Å². The van der Waals surface area contributed by atoms with Crippen LogP contribution in [0.2, 0.25) is 0 Å². The molecule has 0 aromatic rings. The summed E-state index contributed by atoms with van der Waals surface area (Å²) in [6.45, 7) is 5.96. The fraction of sp³-hybridized carbons (Fsp3) is 0.800. The van der Waals surface area contributed by atoms with Crippen LogP contribution in [0.3, 0.4) is 0 Å². The van der Waals surface area contributed by atoms with Gasteiger partial charge in [0.05, 0.1) is 12.0 Å². The second-order valence-corrected chi connectivity index (χ2v) is 4.89. The van der Waals surface area contributed by atoms with Gasteiger partial charge in [0.2, 0.25) is 5.91 Å². The lowest BCUT2D eigenvalue weighted by Gasteiger charge is -2.37. The van der Waals surface area contributed by atoms with Crippen molar-refractivity contribution < 1.29 is 19.8 Å². The molecule has 0 bridgehead atoms. The van der Waals surface area contributed by atoms with E-state index in [4.69, 9.17) is 15.9 Å². The van der Waals surface area contributed by atoms with Gasteiger partial charge in [-0.05, 0) is 27.7 Å². The highest BCUT2D eigenvalue weighted by Gasteiger charge is 2.41. The first-order valence-corrected chi connectivity index (χ1v) is 4.97. The van der Waals surface area contributed by atoms with Crippen molar-refractivity contribution in [1.29, 1.82) is 0 Å². The maximum Gasteiger partial charge on any atom is 0.328 e. The van der Waals surface area contributed by atoms with E-state index < -0.39 is 35.5 Å². The van der Waals surface area contributed by atoms with E-state index in [-0.39, 0.29) is 0 Å². The molecule has 0 rings (SSSR count). The summed E-state index contributed by atoms with van der Waals surface area (Å²) in [6, 6.07) is -1.30. The molecule has 0 heterocycles. The Hall–Kier alpha value is -1.14. The number of amides is 1. The quantitative estimate of drug-likeness (QED) is 0.501. The van der Waals surface area contributed by atoms with Gasteiger partial charge in [0, 0.05) is 5.54 Å². The molecular formula is C10H20N2O4. The Morgan fingerprint density at radius 1 is 1.31 bits per heavy atom. The average molecular weight is 232 g/mol. The Morgan fingerprint density at radius 2 is 1.75 bits per heavy atom. The van der Waals surface area contributed by atoms with E-state index in [0.717, 1.165) is 0 Å². The van der Waals surface area contributed by atoms with Crippen molar-refractivity contribution in [1.82, 2.24) is 5.32 Å². The van der Waals surface area contributed by atoms with Gasteiger partial charge in [0.15, 0.2) is 0 Å². The number of nitrogens with two attached hydrogens (primary N) is 1. The van der Waals surface area contributed by atoms with E-state index in [1.807, 2.05) is 0 Å². The third kappa shape index (κ3) is 3.18. The predicted octanol–water partition coefficient (Wildman–Crippen LogP) is -0.688. The summed E-state index contributed by atoms with van der Waals surface area (Å²) in [7, 11) is 0. The molecule has 1 amide bonds. The summed E-state index contributed by atoms with van der Waals surface area (Å²) in [5.74, 6) is -1.78. The molecule has 0 aliphatic heterocycles. The minimum absolute atomic E-state index is 0.499. The Labute approximate surface area is 94.8 Å². The van der Waals surface area contributed by atoms with Gasteiger partial charge >= 0.3 is 5.97 Å². The Balaban J connectivity index is 4.76. The van der Waals surface area contributed by atoms with E-state index in [1.165, 1.54) is 0 Å². The van der Waals surface area contributed by atoms with Gasteiger partial charge < -0.3 is 21.3 Å².